The van der Waals surface area contributed by atoms with E-state index in [0.29, 0.717) is 29.4 Å². The van der Waals surface area contributed by atoms with Gasteiger partial charge in [-0.05, 0) is 55.4 Å². The van der Waals surface area contributed by atoms with E-state index in [4.69, 9.17) is 16.7 Å². The van der Waals surface area contributed by atoms with Crippen LogP contribution in [0.3, 0.4) is 0 Å². The summed E-state index contributed by atoms with van der Waals surface area (Å²) in [7, 11) is 1.91. The van der Waals surface area contributed by atoms with Crippen LogP contribution in [0, 0.1) is 6.92 Å². The van der Waals surface area contributed by atoms with Crippen LogP contribution in [0.4, 0.5) is 5.69 Å². The average molecular weight is 479 g/mol. The number of benzene rings is 3. The molecule has 0 heterocycles. The van der Waals surface area contributed by atoms with Crippen LogP contribution in [-0.2, 0) is 6.54 Å². The number of hydrogen-bond donors (Lipinski definition) is 3. The summed E-state index contributed by atoms with van der Waals surface area (Å²) in [5.74, 6) is -0.848. The summed E-state index contributed by atoms with van der Waals surface area (Å²) in [6, 6.07) is 19.5. The number of likely N-dealkylation sites (N-methyl/N-ethyl adjacent to an activating group) is 1. The fourth-order valence-electron chi connectivity index (χ4n) is 3.31. The summed E-state index contributed by atoms with van der Waals surface area (Å²) in [5, 5.41) is 16.2. The highest BCUT2D eigenvalue weighted by Crippen LogP contribution is 2.22. The number of amides is 2. The van der Waals surface area contributed by atoms with E-state index in [9.17, 15) is 9.59 Å². The molecular formula is C26H27ClN4O3. The van der Waals surface area contributed by atoms with Gasteiger partial charge in [-0.25, -0.2) is 5.43 Å². The molecule has 3 N–H and O–H groups in total. The van der Waals surface area contributed by atoms with Crippen molar-refractivity contribution in [2.45, 2.75) is 13.5 Å². The van der Waals surface area contributed by atoms with E-state index in [0.717, 1.165) is 16.7 Å². The van der Waals surface area contributed by atoms with Crippen molar-refractivity contribution in [1.29, 1.82) is 0 Å². The summed E-state index contributed by atoms with van der Waals surface area (Å²) in [6.45, 7) is 3.29. The van der Waals surface area contributed by atoms with Crippen molar-refractivity contribution >= 4 is 35.3 Å². The number of hydrogen-bond acceptors (Lipinski definition) is 5. The third kappa shape index (κ3) is 7.25. The molecule has 0 radical (unpaired) electrons. The Hall–Kier alpha value is -3.52. The minimum Gasteiger partial charge on any atom is -0.395 e. The van der Waals surface area contributed by atoms with Gasteiger partial charge >= 0.3 is 0 Å². The lowest BCUT2D eigenvalue weighted by Crippen LogP contribution is -2.22. The minimum atomic E-state index is -0.496. The molecule has 8 heteroatoms. The first-order valence-corrected chi connectivity index (χ1v) is 11.1. The minimum absolute atomic E-state index is 0.0885. The summed E-state index contributed by atoms with van der Waals surface area (Å²) in [6.07, 6.45) is 1.55. The lowest BCUT2D eigenvalue weighted by molar-refractivity contribution is 0.0956. The standard InChI is InChI=1S/C26H27ClN4O3/c1-18-4-3-5-20(14-18)16-28-30-26(34)23-15-22(27)10-11-24(23)29-25(33)21-8-6-19(7-9-21)17-31(2)12-13-32/h3-11,14-16,32H,12-13,17H2,1-2H3,(H,29,33)(H,30,34)/b28-16+. The van der Waals surface area contributed by atoms with E-state index in [2.05, 4.69) is 15.8 Å². The van der Waals surface area contributed by atoms with Gasteiger partial charge < -0.3 is 10.4 Å². The molecule has 0 fully saturated rings. The van der Waals surface area contributed by atoms with Gasteiger partial charge in [0.1, 0.15) is 0 Å². The first kappa shape index (κ1) is 25.1. The number of carbonyl (C=O) groups excluding carboxylic acids is 2. The van der Waals surface area contributed by atoms with Gasteiger partial charge in [-0.1, -0.05) is 53.6 Å². The van der Waals surface area contributed by atoms with Gasteiger partial charge in [0.2, 0.25) is 0 Å². The van der Waals surface area contributed by atoms with E-state index in [-0.39, 0.29) is 18.1 Å². The Morgan fingerprint density at radius 1 is 1.06 bits per heavy atom. The van der Waals surface area contributed by atoms with E-state index in [1.807, 2.05) is 55.3 Å². The SMILES string of the molecule is Cc1cccc(/C=N/NC(=O)c2cc(Cl)ccc2NC(=O)c2ccc(CN(C)CCO)cc2)c1. The third-order valence-electron chi connectivity index (χ3n) is 5.05. The van der Waals surface area contributed by atoms with Gasteiger partial charge in [-0.2, -0.15) is 5.10 Å². The quantitative estimate of drug-likeness (QED) is 0.319. The fourth-order valence-corrected chi connectivity index (χ4v) is 3.48. The van der Waals surface area contributed by atoms with Crippen LogP contribution in [0.2, 0.25) is 5.02 Å². The van der Waals surface area contributed by atoms with E-state index < -0.39 is 5.91 Å². The maximum Gasteiger partial charge on any atom is 0.273 e. The molecule has 3 aromatic carbocycles. The maximum absolute atomic E-state index is 12.8. The zero-order valence-electron chi connectivity index (χ0n) is 19.1. The van der Waals surface area contributed by atoms with Gasteiger partial charge in [0.25, 0.3) is 11.8 Å². The lowest BCUT2D eigenvalue weighted by atomic mass is 10.1. The largest absolute Gasteiger partial charge is 0.395 e. The monoisotopic (exact) mass is 478 g/mol. The molecule has 0 unspecified atom stereocenters. The second-order valence-corrected chi connectivity index (χ2v) is 8.35. The number of rotatable bonds is 9. The number of carbonyl (C=O) groups is 2. The Balaban J connectivity index is 1.69. The topological polar surface area (TPSA) is 94.0 Å². The molecule has 0 aromatic heterocycles. The molecular weight excluding hydrogens is 452 g/mol. The smallest absolute Gasteiger partial charge is 0.273 e. The molecule has 3 rings (SSSR count). The van der Waals surface area contributed by atoms with Crippen LogP contribution in [-0.4, -0.2) is 48.2 Å². The van der Waals surface area contributed by atoms with Crippen molar-refractivity contribution in [1.82, 2.24) is 10.3 Å². The average Bonchev–Trinajstić information content (AvgIpc) is 2.81. The molecule has 0 aliphatic carbocycles. The number of halogens is 1. The normalized spacial score (nSPS) is 11.1. The number of nitrogens with one attached hydrogen (secondary N) is 2. The second kappa shape index (κ2) is 12.1. The number of aliphatic hydroxyl groups is 1. The molecule has 0 aliphatic heterocycles. The molecule has 0 spiro atoms. The Labute approximate surface area is 204 Å². The number of aryl methyl sites for hydroxylation is 1. The first-order chi connectivity index (χ1) is 16.4. The summed E-state index contributed by atoms with van der Waals surface area (Å²) >= 11 is 6.09. The number of nitrogens with zero attached hydrogens (tertiary/aromatic N) is 2. The van der Waals surface area contributed by atoms with Crippen LogP contribution < -0.4 is 10.7 Å². The van der Waals surface area contributed by atoms with E-state index >= 15 is 0 Å². The highest BCUT2D eigenvalue weighted by molar-refractivity contribution is 6.31. The highest BCUT2D eigenvalue weighted by atomic mass is 35.5. The van der Waals surface area contributed by atoms with Crippen LogP contribution in [0.15, 0.2) is 71.8 Å². The van der Waals surface area contributed by atoms with Crippen LogP contribution in [0.5, 0.6) is 0 Å². The Morgan fingerprint density at radius 2 is 1.82 bits per heavy atom. The molecule has 2 amide bonds. The molecule has 0 saturated heterocycles. The molecule has 0 atom stereocenters. The van der Waals surface area contributed by atoms with Gasteiger partial charge in [0, 0.05) is 23.7 Å². The number of aliphatic hydroxyl groups excluding tert-OH is 1. The molecule has 3 aromatic rings. The number of anilines is 1. The van der Waals surface area contributed by atoms with Crippen molar-refractivity contribution in [3.05, 3.63) is 99.6 Å². The third-order valence-corrected chi connectivity index (χ3v) is 5.28. The highest BCUT2D eigenvalue weighted by Gasteiger charge is 2.15. The van der Waals surface area contributed by atoms with Gasteiger partial charge in [-0.3, -0.25) is 14.5 Å². The zero-order valence-corrected chi connectivity index (χ0v) is 19.8. The first-order valence-electron chi connectivity index (χ1n) is 10.7. The van der Waals surface area contributed by atoms with Crippen LogP contribution in [0.1, 0.15) is 37.4 Å². The van der Waals surface area contributed by atoms with Gasteiger partial charge in [0.15, 0.2) is 0 Å². The Morgan fingerprint density at radius 3 is 2.53 bits per heavy atom. The van der Waals surface area contributed by atoms with Gasteiger partial charge in [0.05, 0.1) is 24.1 Å². The maximum atomic E-state index is 12.8. The summed E-state index contributed by atoms with van der Waals surface area (Å²) in [4.78, 5) is 27.5. The predicted molar refractivity (Wildman–Crippen MR) is 136 cm³/mol. The Kier molecular flexibility index (Phi) is 8.93. The van der Waals surface area contributed by atoms with E-state index in [1.165, 1.54) is 6.07 Å². The summed E-state index contributed by atoms with van der Waals surface area (Å²) < 4.78 is 0. The van der Waals surface area contributed by atoms with Gasteiger partial charge in [-0.15, -0.1) is 0 Å². The fraction of sp³-hybridized carbons (Fsp3) is 0.192. The zero-order chi connectivity index (χ0) is 24.5. The van der Waals surface area contributed by atoms with Crippen molar-refractivity contribution < 1.29 is 14.7 Å². The lowest BCUT2D eigenvalue weighted by Gasteiger charge is -2.15. The van der Waals surface area contributed by atoms with Crippen molar-refractivity contribution in [3.8, 4) is 0 Å². The molecule has 176 valence electrons. The van der Waals surface area contributed by atoms with Crippen LogP contribution in [0.25, 0.3) is 0 Å². The summed E-state index contributed by atoms with van der Waals surface area (Å²) in [5.41, 5.74) is 6.41. The molecule has 0 saturated carbocycles. The Bertz CT molecular complexity index is 1180. The molecule has 7 nitrogen and oxygen atoms in total. The predicted octanol–water partition coefficient (Wildman–Crippen LogP) is 4.09. The second-order valence-electron chi connectivity index (χ2n) is 7.92. The van der Waals surface area contributed by atoms with Crippen molar-refractivity contribution in [2.24, 2.45) is 5.10 Å². The van der Waals surface area contributed by atoms with E-state index in [1.54, 1.807) is 30.5 Å². The molecule has 0 bridgehead atoms. The molecule has 0 aliphatic rings. The number of hydrazone groups is 1. The van der Waals surface area contributed by atoms with Crippen molar-refractivity contribution in [2.75, 3.05) is 25.5 Å². The molecule has 34 heavy (non-hydrogen) atoms. The van der Waals surface area contributed by atoms with Crippen LogP contribution >= 0.6 is 11.6 Å². The van der Waals surface area contributed by atoms with Crippen molar-refractivity contribution in [3.63, 3.8) is 0 Å².